The van der Waals surface area contributed by atoms with Gasteiger partial charge in [0.2, 0.25) is 0 Å². The first-order valence-corrected chi connectivity index (χ1v) is 24.9. The molecule has 8 rings (SSSR count). The Labute approximate surface area is 307 Å². The first-order chi connectivity index (χ1) is 24.5. The summed E-state index contributed by atoms with van der Waals surface area (Å²) in [5.74, 6) is 0. The highest BCUT2D eigenvalue weighted by Gasteiger charge is 2.51. The summed E-state index contributed by atoms with van der Waals surface area (Å²) >= 11 is 0. The maximum Gasteiger partial charge on any atom is 0.371 e. The Kier molecular flexibility index (Phi) is 11.3. The van der Waals surface area contributed by atoms with Crippen molar-refractivity contribution in [1.82, 2.24) is 10.6 Å². The molecule has 3 aromatic rings. The van der Waals surface area contributed by atoms with Gasteiger partial charge < -0.3 is 10.6 Å². The van der Waals surface area contributed by atoms with Crippen molar-refractivity contribution in [2.24, 2.45) is 0 Å². The molecule has 260 valence electrons. The summed E-state index contributed by atoms with van der Waals surface area (Å²) in [5.41, 5.74) is 8.18. The van der Waals surface area contributed by atoms with Gasteiger partial charge in [0.25, 0.3) is 0 Å². The standard InChI is InChI=1S/C44H60B2N2P2/c45-49(37-19-5-1-6-20-37,38-21-7-2-8-22-38)31-35-29-33-17-13-15-27-41(33)43(47-35)44-42-28-16-14-18-34(42)30-36(48-44)32-50(46,39-23-9-3-10-24-39)40-25-11-4-12-26-40/h1,5-6,13-20,27-28,35-36,38-40,43-44,47-48H,2-4,7-12,21-26,29-32H2/q+2/t35-,36-,43-,44-,49?/m0/s1. The van der Waals surface area contributed by atoms with Crippen molar-refractivity contribution in [1.29, 1.82) is 0 Å². The fourth-order valence-corrected chi connectivity index (χ4v) is 20.1. The maximum atomic E-state index is 7.96. The number of nitrogens with one attached hydrogen (secondary N) is 2. The molecular formula is C44H60B2N2P2+2. The molecular weight excluding hydrogens is 640 g/mol. The number of benzene rings is 3. The molecule has 0 saturated heterocycles. The second-order valence-corrected chi connectivity index (χ2v) is 24.3. The van der Waals surface area contributed by atoms with Crippen LogP contribution in [0.5, 0.6) is 0 Å². The molecule has 50 heavy (non-hydrogen) atoms. The minimum Gasteiger partial charge on any atom is -0.302 e. The molecule has 0 amide bonds. The number of hydrogen-bond acceptors (Lipinski definition) is 2. The molecule has 3 saturated carbocycles. The molecule has 3 aromatic carbocycles. The first-order valence-electron chi connectivity index (χ1n) is 20.6. The van der Waals surface area contributed by atoms with E-state index in [1.54, 1.807) is 0 Å². The molecule has 2 nitrogen and oxygen atoms in total. The quantitative estimate of drug-likeness (QED) is 0.172. The third-order valence-corrected chi connectivity index (χ3v) is 22.9. The van der Waals surface area contributed by atoms with Crippen molar-refractivity contribution in [3.63, 3.8) is 0 Å². The van der Waals surface area contributed by atoms with E-state index in [-0.39, 0.29) is 12.1 Å². The topological polar surface area (TPSA) is 24.1 Å². The van der Waals surface area contributed by atoms with E-state index in [9.17, 15) is 0 Å². The van der Waals surface area contributed by atoms with Crippen LogP contribution >= 0.6 is 14.3 Å². The Balaban J connectivity index is 1.11. The van der Waals surface area contributed by atoms with Gasteiger partial charge in [-0.15, -0.1) is 0 Å². The van der Waals surface area contributed by atoms with Crippen LogP contribution in [0.15, 0.2) is 78.9 Å². The number of rotatable bonds is 9. The van der Waals surface area contributed by atoms with Gasteiger partial charge in [-0.2, -0.15) is 0 Å². The Hall–Kier alpha value is -1.43. The normalized spacial score (nSPS) is 28.3. The van der Waals surface area contributed by atoms with Crippen LogP contribution in [-0.4, -0.2) is 56.5 Å². The molecule has 4 radical (unpaired) electrons. The first kappa shape index (κ1) is 35.6. The summed E-state index contributed by atoms with van der Waals surface area (Å²) in [5, 5.41) is 10.2. The lowest BCUT2D eigenvalue weighted by Crippen LogP contribution is -2.52. The lowest BCUT2D eigenvalue weighted by Gasteiger charge is -2.47. The SMILES string of the molecule is [B][P+](C[C@@H]1Cc2ccccc2[C@@H]([C@H]2N[C@H](C[P+]([B])(C3CCCCC3)C3CCCCC3)Cc3ccccc32)N1)(c1ccccc1)C1CCCCC1. The fourth-order valence-electron chi connectivity index (χ4n) is 11.3. The lowest BCUT2D eigenvalue weighted by molar-refractivity contribution is 0.299. The largest absolute Gasteiger partial charge is 0.371 e. The summed E-state index contributed by atoms with van der Waals surface area (Å²) < 4.78 is 0. The van der Waals surface area contributed by atoms with Gasteiger partial charge in [0.1, 0.15) is 0 Å². The molecule has 5 aliphatic rings. The van der Waals surface area contributed by atoms with Crippen molar-refractivity contribution in [2.75, 3.05) is 12.3 Å². The zero-order valence-electron chi connectivity index (χ0n) is 30.5. The Bertz CT molecular complexity index is 1530. The van der Waals surface area contributed by atoms with Gasteiger partial charge in [-0.05, 0) is 139 Å². The van der Waals surface area contributed by atoms with Crippen molar-refractivity contribution >= 4 is 34.7 Å². The fraction of sp³-hybridized carbons (Fsp3) is 0.591. The highest BCUT2D eigenvalue weighted by Crippen LogP contribution is 2.69. The third-order valence-electron chi connectivity index (χ3n) is 13.9. The van der Waals surface area contributed by atoms with Crippen molar-refractivity contribution in [2.45, 2.75) is 150 Å². The van der Waals surface area contributed by atoms with E-state index in [2.05, 4.69) is 89.5 Å². The van der Waals surface area contributed by atoms with E-state index >= 15 is 0 Å². The van der Waals surface area contributed by atoms with E-state index < -0.39 is 14.3 Å². The van der Waals surface area contributed by atoms with Gasteiger partial charge >= 0.3 is 15.1 Å². The predicted molar refractivity (Wildman–Crippen MR) is 221 cm³/mol. The average molecular weight is 701 g/mol. The molecule has 5 atom stereocenters. The molecule has 1 unspecified atom stereocenters. The number of hydrogen-bond donors (Lipinski definition) is 2. The Morgan fingerprint density at radius 1 is 0.480 bits per heavy atom. The van der Waals surface area contributed by atoms with Gasteiger partial charge in [0.05, 0.1) is 46.7 Å². The molecule has 6 heteroatoms. The van der Waals surface area contributed by atoms with E-state index in [0.29, 0.717) is 17.7 Å². The molecule has 3 fully saturated rings. The molecule has 3 aliphatic carbocycles. The predicted octanol–water partition coefficient (Wildman–Crippen LogP) is 10.0. The smallest absolute Gasteiger partial charge is 0.302 e. The monoisotopic (exact) mass is 700 g/mol. The minimum absolute atomic E-state index is 0.208. The summed E-state index contributed by atoms with van der Waals surface area (Å²) in [6.45, 7) is 0. The molecule has 0 bridgehead atoms. The molecule has 0 spiro atoms. The van der Waals surface area contributed by atoms with E-state index in [4.69, 9.17) is 15.1 Å². The Morgan fingerprint density at radius 2 is 0.900 bits per heavy atom. The van der Waals surface area contributed by atoms with Gasteiger partial charge in [0.15, 0.2) is 0 Å². The van der Waals surface area contributed by atoms with Crippen molar-refractivity contribution in [3.8, 4) is 0 Å². The zero-order valence-corrected chi connectivity index (χ0v) is 32.3. The van der Waals surface area contributed by atoms with E-state index in [0.717, 1.165) is 30.3 Å². The summed E-state index contributed by atoms with van der Waals surface area (Å²) in [7, 11) is 12.3. The zero-order chi connectivity index (χ0) is 34.0. The van der Waals surface area contributed by atoms with Gasteiger partial charge in [-0.1, -0.05) is 86.0 Å². The Morgan fingerprint density at radius 3 is 1.40 bits per heavy atom. The summed E-state index contributed by atoms with van der Waals surface area (Å²) in [6.07, 6.45) is 24.9. The average Bonchev–Trinajstić information content (AvgIpc) is 3.18. The van der Waals surface area contributed by atoms with Crippen LogP contribution in [0.4, 0.5) is 0 Å². The molecule has 0 aromatic heterocycles. The third kappa shape index (κ3) is 7.37. The highest BCUT2D eigenvalue weighted by atomic mass is 31.2. The van der Waals surface area contributed by atoms with Crippen LogP contribution < -0.4 is 15.9 Å². The van der Waals surface area contributed by atoms with Crippen LogP contribution in [0.1, 0.15) is 131 Å². The van der Waals surface area contributed by atoms with Crippen LogP contribution in [0.3, 0.4) is 0 Å². The van der Waals surface area contributed by atoms with Crippen LogP contribution in [0.2, 0.25) is 0 Å². The van der Waals surface area contributed by atoms with Gasteiger partial charge in [0, 0.05) is 12.1 Å². The summed E-state index contributed by atoms with van der Waals surface area (Å²) in [4.78, 5) is 0. The van der Waals surface area contributed by atoms with Crippen molar-refractivity contribution < 1.29 is 0 Å². The molecule has 2 heterocycles. The van der Waals surface area contributed by atoms with Gasteiger partial charge in [-0.3, -0.25) is 0 Å². The second kappa shape index (κ2) is 15.9. The number of fused-ring (bicyclic) bond motifs is 2. The van der Waals surface area contributed by atoms with Crippen LogP contribution in [0.25, 0.3) is 0 Å². The lowest BCUT2D eigenvalue weighted by atomic mass is 9.80. The summed E-state index contributed by atoms with van der Waals surface area (Å²) in [6, 6.07) is 31.2. The van der Waals surface area contributed by atoms with Crippen LogP contribution in [-0.2, 0) is 12.8 Å². The maximum absolute atomic E-state index is 7.96. The van der Waals surface area contributed by atoms with Crippen LogP contribution in [0, 0.1) is 0 Å². The van der Waals surface area contributed by atoms with Gasteiger partial charge in [-0.25, -0.2) is 0 Å². The molecule has 2 aliphatic heterocycles. The van der Waals surface area contributed by atoms with E-state index in [1.165, 1.54) is 130 Å². The van der Waals surface area contributed by atoms with E-state index in [1.807, 2.05) is 0 Å². The van der Waals surface area contributed by atoms with Crippen molar-refractivity contribution in [3.05, 3.63) is 101 Å². The molecule has 2 N–H and O–H groups in total. The second-order valence-electron chi connectivity index (χ2n) is 17.0. The minimum atomic E-state index is -1.88. The highest BCUT2D eigenvalue weighted by molar-refractivity contribution is 8.03.